The normalized spacial score (nSPS) is 10.4. The molecular weight excluding hydrogens is 210 g/mol. The highest BCUT2D eigenvalue weighted by atomic mass is 19.1. The molecule has 1 heterocycles. The van der Waals surface area contributed by atoms with Crippen LogP contribution < -0.4 is 5.73 Å². The van der Waals surface area contributed by atoms with Gasteiger partial charge in [0, 0.05) is 11.8 Å². The van der Waals surface area contributed by atoms with Crippen molar-refractivity contribution in [3.8, 4) is 11.1 Å². The number of aromatic nitrogens is 1. The number of rotatable bonds is 1. The third-order valence-electron chi connectivity index (χ3n) is 2.40. The first-order valence-corrected chi connectivity index (χ1v) is 4.76. The summed E-state index contributed by atoms with van der Waals surface area (Å²) in [6.07, 6.45) is 1.51. The quantitative estimate of drug-likeness (QED) is 0.802. The summed E-state index contributed by atoms with van der Waals surface area (Å²) in [6.45, 7) is 1.74. The van der Waals surface area contributed by atoms with Crippen molar-refractivity contribution < 1.29 is 8.78 Å². The molecular formula is C12H10F2N2. The number of nitrogens with zero attached hydrogens (tertiary/aromatic N) is 1. The van der Waals surface area contributed by atoms with Gasteiger partial charge in [-0.3, -0.25) is 0 Å². The van der Waals surface area contributed by atoms with Crippen molar-refractivity contribution in [1.82, 2.24) is 4.98 Å². The second kappa shape index (κ2) is 3.89. The Kier molecular flexibility index (Phi) is 2.56. The highest BCUT2D eigenvalue weighted by Gasteiger charge is 2.16. The Morgan fingerprint density at radius 2 is 1.69 bits per heavy atom. The predicted octanol–water partition coefficient (Wildman–Crippen LogP) is 2.92. The van der Waals surface area contributed by atoms with Gasteiger partial charge < -0.3 is 5.73 Å². The number of nitrogen functional groups attached to an aromatic ring is 1. The SMILES string of the molecule is Cc1ccnc(N)c1-c1c(F)cccc1F. The molecule has 0 fully saturated rings. The van der Waals surface area contributed by atoms with E-state index >= 15 is 0 Å². The van der Waals surface area contributed by atoms with Crippen LogP contribution in [0.4, 0.5) is 14.6 Å². The molecule has 2 N–H and O–H groups in total. The minimum atomic E-state index is -0.636. The lowest BCUT2D eigenvalue weighted by Gasteiger charge is -2.10. The number of anilines is 1. The maximum Gasteiger partial charge on any atom is 0.134 e. The van der Waals surface area contributed by atoms with Crippen molar-refractivity contribution in [3.63, 3.8) is 0 Å². The highest BCUT2D eigenvalue weighted by molar-refractivity contribution is 5.77. The van der Waals surface area contributed by atoms with Crippen molar-refractivity contribution in [3.05, 3.63) is 47.7 Å². The van der Waals surface area contributed by atoms with E-state index in [1.807, 2.05) is 0 Å². The van der Waals surface area contributed by atoms with Crippen LogP contribution in [0.5, 0.6) is 0 Å². The van der Waals surface area contributed by atoms with Gasteiger partial charge in [-0.2, -0.15) is 0 Å². The fraction of sp³-hybridized carbons (Fsp3) is 0.0833. The van der Waals surface area contributed by atoms with E-state index in [-0.39, 0.29) is 11.4 Å². The minimum Gasteiger partial charge on any atom is -0.383 e. The van der Waals surface area contributed by atoms with E-state index in [4.69, 9.17) is 5.73 Å². The van der Waals surface area contributed by atoms with Crippen molar-refractivity contribution in [2.24, 2.45) is 0 Å². The average Bonchev–Trinajstić information content (AvgIpc) is 2.21. The molecule has 1 aromatic heterocycles. The zero-order chi connectivity index (χ0) is 11.7. The van der Waals surface area contributed by atoms with E-state index < -0.39 is 11.6 Å². The standard InChI is InChI=1S/C12H10F2N2/c1-7-5-6-16-12(15)10(7)11-8(13)3-2-4-9(11)14/h2-6H,1H3,(H2,15,16). The highest BCUT2D eigenvalue weighted by Crippen LogP contribution is 2.31. The molecule has 0 saturated carbocycles. The third-order valence-corrected chi connectivity index (χ3v) is 2.40. The Morgan fingerprint density at radius 1 is 1.06 bits per heavy atom. The lowest BCUT2D eigenvalue weighted by Crippen LogP contribution is -1.99. The lowest BCUT2D eigenvalue weighted by atomic mass is 10.0. The smallest absolute Gasteiger partial charge is 0.134 e. The van der Waals surface area contributed by atoms with Crippen LogP contribution >= 0.6 is 0 Å². The van der Waals surface area contributed by atoms with Crippen LogP contribution in [0.1, 0.15) is 5.56 Å². The molecule has 0 atom stereocenters. The van der Waals surface area contributed by atoms with Gasteiger partial charge >= 0.3 is 0 Å². The van der Waals surface area contributed by atoms with Crippen LogP contribution in [0.3, 0.4) is 0 Å². The fourth-order valence-corrected chi connectivity index (χ4v) is 1.64. The summed E-state index contributed by atoms with van der Waals surface area (Å²) in [4.78, 5) is 3.84. The first-order chi connectivity index (χ1) is 7.61. The molecule has 0 bridgehead atoms. The maximum absolute atomic E-state index is 13.6. The Bertz CT molecular complexity index is 449. The molecule has 0 aliphatic carbocycles. The van der Waals surface area contributed by atoms with Crippen LogP contribution in [0, 0.1) is 18.6 Å². The van der Waals surface area contributed by atoms with Crippen molar-refractivity contribution >= 4 is 5.82 Å². The van der Waals surface area contributed by atoms with Gasteiger partial charge in [-0.15, -0.1) is 0 Å². The molecule has 0 aliphatic heterocycles. The van der Waals surface area contributed by atoms with E-state index in [1.165, 1.54) is 24.4 Å². The largest absolute Gasteiger partial charge is 0.383 e. The first-order valence-electron chi connectivity index (χ1n) is 4.76. The van der Waals surface area contributed by atoms with Gasteiger partial charge in [0.05, 0.1) is 5.56 Å². The molecule has 82 valence electrons. The molecule has 4 heteroatoms. The van der Waals surface area contributed by atoms with Crippen LogP contribution in [0.2, 0.25) is 0 Å². The predicted molar refractivity (Wildman–Crippen MR) is 58.7 cm³/mol. The number of benzene rings is 1. The van der Waals surface area contributed by atoms with Crippen LogP contribution in [-0.2, 0) is 0 Å². The second-order valence-electron chi connectivity index (χ2n) is 3.48. The van der Waals surface area contributed by atoms with E-state index in [0.29, 0.717) is 11.1 Å². The number of hydrogen-bond acceptors (Lipinski definition) is 2. The molecule has 1 aromatic carbocycles. The van der Waals surface area contributed by atoms with Crippen LogP contribution in [-0.4, -0.2) is 4.98 Å². The molecule has 2 nitrogen and oxygen atoms in total. The van der Waals surface area contributed by atoms with Gasteiger partial charge in [0.25, 0.3) is 0 Å². The van der Waals surface area contributed by atoms with E-state index in [9.17, 15) is 8.78 Å². The summed E-state index contributed by atoms with van der Waals surface area (Å²) in [7, 11) is 0. The fourth-order valence-electron chi connectivity index (χ4n) is 1.64. The number of aryl methyl sites for hydroxylation is 1. The van der Waals surface area contributed by atoms with Gasteiger partial charge in [0.1, 0.15) is 17.5 Å². The molecule has 2 aromatic rings. The summed E-state index contributed by atoms with van der Waals surface area (Å²) in [5.74, 6) is -1.14. The summed E-state index contributed by atoms with van der Waals surface area (Å²) >= 11 is 0. The minimum absolute atomic E-state index is 0.120. The molecule has 2 rings (SSSR count). The second-order valence-corrected chi connectivity index (χ2v) is 3.48. The van der Waals surface area contributed by atoms with Gasteiger partial charge in [-0.1, -0.05) is 6.07 Å². The van der Waals surface area contributed by atoms with Gasteiger partial charge in [0.2, 0.25) is 0 Å². The van der Waals surface area contributed by atoms with Crippen LogP contribution in [0.15, 0.2) is 30.5 Å². The van der Waals surface area contributed by atoms with Crippen molar-refractivity contribution in [2.45, 2.75) is 6.92 Å². The number of pyridine rings is 1. The summed E-state index contributed by atoms with van der Waals surface area (Å²) < 4.78 is 27.1. The summed E-state index contributed by atoms with van der Waals surface area (Å²) in [5.41, 5.74) is 6.54. The Morgan fingerprint density at radius 3 is 2.25 bits per heavy atom. The monoisotopic (exact) mass is 220 g/mol. The Hall–Kier alpha value is -1.97. The zero-order valence-electron chi connectivity index (χ0n) is 8.67. The van der Waals surface area contributed by atoms with Gasteiger partial charge in [0.15, 0.2) is 0 Å². The van der Waals surface area contributed by atoms with Gasteiger partial charge in [-0.25, -0.2) is 13.8 Å². The molecule has 0 radical (unpaired) electrons. The van der Waals surface area contributed by atoms with E-state index in [0.717, 1.165) is 0 Å². The number of hydrogen-bond donors (Lipinski definition) is 1. The van der Waals surface area contributed by atoms with E-state index in [2.05, 4.69) is 4.98 Å². The third kappa shape index (κ3) is 1.62. The zero-order valence-corrected chi connectivity index (χ0v) is 8.67. The topological polar surface area (TPSA) is 38.9 Å². The number of nitrogens with two attached hydrogens (primary N) is 1. The summed E-state index contributed by atoms with van der Waals surface area (Å²) in [6, 6.07) is 5.38. The molecule has 0 unspecified atom stereocenters. The maximum atomic E-state index is 13.6. The molecule has 16 heavy (non-hydrogen) atoms. The van der Waals surface area contributed by atoms with Gasteiger partial charge in [-0.05, 0) is 30.7 Å². The molecule has 0 aliphatic rings. The average molecular weight is 220 g/mol. The van der Waals surface area contributed by atoms with Crippen molar-refractivity contribution in [1.29, 1.82) is 0 Å². The number of halogens is 2. The summed E-state index contributed by atoms with van der Waals surface area (Å²) in [5, 5.41) is 0. The lowest BCUT2D eigenvalue weighted by molar-refractivity contribution is 0.589. The van der Waals surface area contributed by atoms with Crippen molar-refractivity contribution in [2.75, 3.05) is 5.73 Å². The van der Waals surface area contributed by atoms with Crippen LogP contribution in [0.25, 0.3) is 11.1 Å². The molecule has 0 spiro atoms. The molecule has 0 saturated heterocycles. The Balaban J connectivity index is 2.77. The molecule has 0 amide bonds. The Labute approximate surface area is 91.7 Å². The first kappa shape index (κ1) is 10.5. The van der Waals surface area contributed by atoms with E-state index in [1.54, 1.807) is 13.0 Å².